The molecule has 5 nitrogen and oxygen atoms in total. The molecule has 1 aliphatic rings. The summed E-state index contributed by atoms with van der Waals surface area (Å²) in [7, 11) is 0.497. The first-order valence-electron chi connectivity index (χ1n) is 5.71. The summed E-state index contributed by atoms with van der Waals surface area (Å²) in [5.41, 5.74) is 5.45. The first-order chi connectivity index (χ1) is 7.76. The molecule has 1 saturated heterocycles. The Hall–Kier alpha value is -0.240. The second-order valence-electron chi connectivity index (χ2n) is 4.76. The molecular weight excluding hydrogens is 258 g/mol. The SMILES string of the molecule is CC(C(N)=S)S(=O)(=O)N1CCCC1CN(C)C. The molecule has 17 heavy (non-hydrogen) atoms. The number of nitrogens with two attached hydrogens (primary N) is 1. The van der Waals surface area contributed by atoms with Crippen molar-refractivity contribution < 1.29 is 8.42 Å². The van der Waals surface area contributed by atoms with Gasteiger partial charge in [-0.05, 0) is 33.9 Å². The molecule has 0 aromatic heterocycles. The van der Waals surface area contributed by atoms with Gasteiger partial charge in [0.1, 0.15) is 5.25 Å². The van der Waals surface area contributed by atoms with E-state index in [2.05, 4.69) is 0 Å². The summed E-state index contributed by atoms with van der Waals surface area (Å²) in [6.07, 6.45) is 1.81. The van der Waals surface area contributed by atoms with Crippen LogP contribution in [0, 0.1) is 0 Å². The van der Waals surface area contributed by atoms with E-state index >= 15 is 0 Å². The number of rotatable bonds is 5. The molecule has 1 aliphatic heterocycles. The van der Waals surface area contributed by atoms with Gasteiger partial charge in [0.2, 0.25) is 10.0 Å². The maximum atomic E-state index is 12.3. The van der Waals surface area contributed by atoms with Crippen molar-refractivity contribution in [2.24, 2.45) is 5.73 Å². The van der Waals surface area contributed by atoms with Crippen LogP contribution in [-0.4, -0.2) is 61.1 Å². The highest BCUT2D eigenvalue weighted by Crippen LogP contribution is 2.24. The van der Waals surface area contributed by atoms with Crippen molar-refractivity contribution in [1.82, 2.24) is 9.21 Å². The normalized spacial score (nSPS) is 24.1. The molecule has 0 spiro atoms. The maximum Gasteiger partial charge on any atom is 0.223 e. The van der Waals surface area contributed by atoms with Gasteiger partial charge >= 0.3 is 0 Å². The predicted octanol–water partition coefficient (Wildman–Crippen LogP) is 0.0168. The van der Waals surface area contributed by atoms with Gasteiger partial charge in [0.15, 0.2) is 0 Å². The van der Waals surface area contributed by atoms with Crippen LogP contribution in [0.1, 0.15) is 19.8 Å². The van der Waals surface area contributed by atoms with Crippen LogP contribution in [-0.2, 0) is 10.0 Å². The number of nitrogens with zero attached hydrogens (tertiary/aromatic N) is 2. The summed E-state index contributed by atoms with van der Waals surface area (Å²) in [5, 5.41) is -0.778. The summed E-state index contributed by atoms with van der Waals surface area (Å²) >= 11 is 4.79. The van der Waals surface area contributed by atoms with Crippen LogP contribution in [0.2, 0.25) is 0 Å². The van der Waals surface area contributed by atoms with Gasteiger partial charge < -0.3 is 10.6 Å². The Morgan fingerprint density at radius 2 is 2.18 bits per heavy atom. The van der Waals surface area contributed by atoms with Gasteiger partial charge in [0, 0.05) is 19.1 Å². The molecule has 2 unspecified atom stereocenters. The van der Waals surface area contributed by atoms with Crippen molar-refractivity contribution in [3.63, 3.8) is 0 Å². The lowest BCUT2D eigenvalue weighted by Gasteiger charge is -2.28. The zero-order valence-electron chi connectivity index (χ0n) is 10.6. The first-order valence-corrected chi connectivity index (χ1v) is 7.62. The van der Waals surface area contributed by atoms with Crippen molar-refractivity contribution in [2.75, 3.05) is 27.2 Å². The van der Waals surface area contributed by atoms with Crippen LogP contribution in [0.4, 0.5) is 0 Å². The Balaban J connectivity index is 2.87. The van der Waals surface area contributed by atoms with Gasteiger partial charge in [-0.15, -0.1) is 0 Å². The van der Waals surface area contributed by atoms with Gasteiger partial charge in [-0.25, -0.2) is 8.42 Å². The van der Waals surface area contributed by atoms with Crippen molar-refractivity contribution >= 4 is 27.2 Å². The van der Waals surface area contributed by atoms with E-state index in [4.69, 9.17) is 18.0 Å². The Labute approximate surface area is 109 Å². The summed E-state index contributed by atoms with van der Waals surface area (Å²) in [6, 6.07) is 0.0480. The Bertz CT molecular complexity index is 381. The first kappa shape index (κ1) is 14.8. The smallest absolute Gasteiger partial charge is 0.223 e. The van der Waals surface area contributed by atoms with E-state index in [9.17, 15) is 8.42 Å². The minimum atomic E-state index is -3.39. The number of likely N-dealkylation sites (N-methyl/N-ethyl adjacent to an activating group) is 1. The quantitative estimate of drug-likeness (QED) is 0.719. The molecule has 0 aromatic rings. The van der Waals surface area contributed by atoms with Crippen LogP contribution in [0.3, 0.4) is 0 Å². The fraction of sp³-hybridized carbons (Fsp3) is 0.900. The highest BCUT2D eigenvalue weighted by atomic mass is 32.2. The average molecular weight is 279 g/mol. The van der Waals surface area contributed by atoms with E-state index in [-0.39, 0.29) is 11.0 Å². The second-order valence-corrected chi connectivity index (χ2v) is 7.44. The molecule has 1 heterocycles. The van der Waals surface area contributed by atoms with Crippen molar-refractivity contribution in [2.45, 2.75) is 31.1 Å². The zero-order valence-corrected chi connectivity index (χ0v) is 12.2. The lowest BCUT2D eigenvalue weighted by Crippen LogP contribution is -2.47. The minimum Gasteiger partial charge on any atom is -0.392 e. The summed E-state index contributed by atoms with van der Waals surface area (Å²) < 4.78 is 26.2. The standard InChI is InChI=1S/C10H21N3O2S2/c1-8(10(11)16)17(14,15)13-6-4-5-9(13)7-12(2)3/h8-9H,4-7H2,1-3H3,(H2,11,16). The largest absolute Gasteiger partial charge is 0.392 e. The number of hydrogen-bond acceptors (Lipinski definition) is 4. The highest BCUT2D eigenvalue weighted by Gasteiger charge is 2.38. The number of sulfonamides is 1. The molecule has 0 radical (unpaired) electrons. The van der Waals surface area contributed by atoms with Gasteiger partial charge in [-0.1, -0.05) is 12.2 Å². The van der Waals surface area contributed by atoms with E-state index < -0.39 is 15.3 Å². The Kier molecular flexibility index (Phi) is 4.88. The van der Waals surface area contributed by atoms with Crippen molar-refractivity contribution in [1.29, 1.82) is 0 Å². The third-order valence-corrected chi connectivity index (χ3v) is 5.86. The van der Waals surface area contributed by atoms with E-state index in [1.165, 1.54) is 0 Å². The summed E-state index contributed by atoms with van der Waals surface area (Å²) in [4.78, 5) is 2.05. The fourth-order valence-electron chi connectivity index (χ4n) is 2.10. The van der Waals surface area contributed by atoms with E-state index in [0.29, 0.717) is 6.54 Å². The Morgan fingerprint density at radius 3 is 2.65 bits per heavy atom. The van der Waals surface area contributed by atoms with Gasteiger partial charge in [0.25, 0.3) is 0 Å². The molecule has 1 rings (SSSR count). The third-order valence-electron chi connectivity index (χ3n) is 3.07. The monoisotopic (exact) mass is 279 g/mol. The Morgan fingerprint density at radius 1 is 1.59 bits per heavy atom. The summed E-state index contributed by atoms with van der Waals surface area (Å²) in [6.45, 7) is 2.87. The molecule has 0 aromatic carbocycles. The van der Waals surface area contributed by atoms with Crippen LogP contribution < -0.4 is 5.73 Å². The van der Waals surface area contributed by atoms with E-state index in [0.717, 1.165) is 19.4 Å². The second kappa shape index (κ2) is 5.60. The molecule has 1 fully saturated rings. The highest BCUT2D eigenvalue weighted by molar-refractivity contribution is 7.92. The van der Waals surface area contributed by atoms with Crippen molar-refractivity contribution in [3.8, 4) is 0 Å². The molecular formula is C10H21N3O2S2. The molecule has 100 valence electrons. The molecule has 0 amide bonds. The van der Waals surface area contributed by atoms with Gasteiger partial charge in [-0.3, -0.25) is 0 Å². The van der Waals surface area contributed by atoms with E-state index in [1.54, 1.807) is 11.2 Å². The van der Waals surface area contributed by atoms with Crippen LogP contribution in [0.15, 0.2) is 0 Å². The van der Waals surface area contributed by atoms with Gasteiger partial charge in [-0.2, -0.15) is 4.31 Å². The zero-order chi connectivity index (χ0) is 13.2. The van der Waals surface area contributed by atoms with Crippen LogP contribution in [0.25, 0.3) is 0 Å². The molecule has 2 N–H and O–H groups in total. The van der Waals surface area contributed by atoms with Crippen LogP contribution >= 0.6 is 12.2 Å². The molecule has 0 saturated carbocycles. The van der Waals surface area contributed by atoms with Gasteiger partial charge in [0.05, 0.1) is 4.99 Å². The lowest BCUT2D eigenvalue weighted by molar-refractivity contribution is 0.291. The number of hydrogen-bond donors (Lipinski definition) is 1. The minimum absolute atomic E-state index is 0.0421. The number of thiocarbonyl (C=S) groups is 1. The third kappa shape index (κ3) is 3.37. The van der Waals surface area contributed by atoms with E-state index in [1.807, 2.05) is 19.0 Å². The fourth-order valence-corrected chi connectivity index (χ4v) is 4.13. The molecule has 0 bridgehead atoms. The lowest BCUT2D eigenvalue weighted by atomic mass is 10.2. The molecule has 0 aliphatic carbocycles. The summed E-state index contributed by atoms with van der Waals surface area (Å²) in [5.74, 6) is 0. The van der Waals surface area contributed by atoms with Crippen molar-refractivity contribution in [3.05, 3.63) is 0 Å². The maximum absolute atomic E-state index is 12.3. The topological polar surface area (TPSA) is 66.6 Å². The molecule has 2 atom stereocenters. The predicted molar refractivity (Wildman–Crippen MR) is 73.4 cm³/mol. The van der Waals surface area contributed by atoms with Crippen LogP contribution in [0.5, 0.6) is 0 Å². The average Bonchev–Trinajstić information content (AvgIpc) is 2.63. The molecule has 7 heteroatoms.